The molecule has 0 fully saturated rings. The quantitative estimate of drug-likeness (QED) is 0.612. The van der Waals surface area contributed by atoms with Crippen molar-refractivity contribution in [3.05, 3.63) is 64.0 Å². The number of carbonyl (C=O) groups is 1. The van der Waals surface area contributed by atoms with Gasteiger partial charge in [-0.2, -0.15) is 4.98 Å². The van der Waals surface area contributed by atoms with E-state index in [1.165, 1.54) is 12.1 Å². The lowest BCUT2D eigenvalue weighted by atomic mass is 10.2. The van der Waals surface area contributed by atoms with Crippen LogP contribution in [0.2, 0.25) is 10.0 Å². The second kappa shape index (κ2) is 7.55. The molecule has 0 aliphatic carbocycles. The number of hydrogen-bond donors (Lipinski definition) is 0. The highest BCUT2D eigenvalue weighted by Gasteiger charge is 2.15. The van der Waals surface area contributed by atoms with Gasteiger partial charge in [-0.3, -0.25) is 0 Å². The molecule has 3 rings (SSSR count). The molecule has 0 unspecified atom stereocenters. The van der Waals surface area contributed by atoms with Crippen LogP contribution in [0.3, 0.4) is 0 Å². The Bertz CT molecular complexity index is 894. The van der Waals surface area contributed by atoms with E-state index in [0.29, 0.717) is 10.8 Å². The molecule has 0 amide bonds. The Morgan fingerprint density at radius 3 is 2.60 bits per heavy atom. The van der Waals surface area contributed by atoms with Gasteiger partial charge < -0.3 is 14.0 Å². The van der Waals surface area contributed by atoms with Crippen molar-refractivity contribution in [2.75, 3.05) is 7.11 Å². The van der Waals surface area contributed by atoms with Crippen LogP contribution in [-0.4, -0.2) is 23.2 Å². The van der Waals surface area contributed by atoms with Crippen molar-refractivity contribution in [1.82, 2.24) is 10.1 Å². The molecule has 3 aromatic rings. The van der Waals surface area contributed by atoms with E-state index >= 15 is 0 Å². The molecule has 2 aromatic carbocycles. The Morgan fingerprint density at radius 1 is 1.16 bits per heavy atom. The maximum atomic E-state index is 12.0. The van der Waals surface area contributed by atoms with Gasteiger partial charge in [-0.15, -0.1) is 0 Å². The first-order chi connectivity index (χ1) is 12.1. The van der Waals surface area contributed by atoms with Crippen LogP contribution in [0.5, 0.6) is 5.75 Å². The summed E-state index contributed by atoms with van der Waals surface area (Å²) < 4.78 is 15.3. The van der Waals surface area contributed by atoms with Crippen LogP contribution in [0.15, 0.2) is 47.0 Å². The van der Waals surface area contributed by atoms with Crippen molar-refractivity contribution >= 4 is 29.2 Å². The minimum atomic E-state index is -0.606. The summed E-state index contributed by atoms with van der Waals surface area (Å²) in [6.07, 6.45) is 0. The Balaban J connectivity index is 1.66. The number of methoxy groups -OCH3 is 1. The first-order valence-electron chi connectivity index (χ1n) is 7.16. The second-order valence-corrected chi connectivity index (χ2v) is 5.78. The molecule has 8 heteroatoms. The molecule has 0 N–H and O–H groups in total. The molecule has 6 nitrogen and oxygen atoms in total. The highest BCUT2D eigenvalue weighted by Crippen LogP contribution is 2.23. The molecule has 0 saturated carbocycles. The SMILES string of the molecule is COc1ccc(-c2noc(COC(=O)c3ccc(Cl)cc3Cl)n2)cc1. The van der Waals surface area contributed by atoms with Crippen molar-refractivity contribution < 1.29 is 18.8 Å². The minimum Gasteiger partial charge on any atom is -0.497 e. The zero-order valence-corrected chi connectivity index (χ0v) is 14.5. The molecule has 0 saturated heterocycles. The third-order valence-corrected chi connectivity index (χ3v) is 3.84. The van der Waals surface area contributed by atoms with Gasteiger partial charge in [0.15, 0.2) is 6.61 Å². The van der Waals surface area contributed by atoms with Crippen LogP contribution in [0.1, 0.15) is 16.2 Å². The lowest BCUT2D eigenvalue weighted by Crippen LogP contribution is -2.06. The van der Waals surface area contributed by atoms with Crippen molar-refractivity contribution in [3.8, 4) is 17.1 Å². The molecule has 1 aromatic heterocycles. The predicted octanol–water partition coefficient (Wildman–Crippen LogP) is 4.41. The topological polar surface area (TPSA) is 74.5 Å². The predicted molar refractivity (Wildman–Crippen MR) is 91.9 cm³/mol. The maximum Gasteiger partial charge on any atom is 0.340 e. The number of halogens is 2. The number of esters is 1. The van der Waals surface area contributed by atoms with E-state index in [9.17, 15) is 4.79 Å². The Morgan fingerprint density at radius 2 is 1.92 bits per heavy atom. The number of benzene rings is 2. The Kier molecular flexibility index (Phi) is 5.21. The first kappa shape index (κ1) is 17.3. The number of aromatic nitrogens is 2. The highest BCUT2D eigenvalue weighted by atomic mass is 35.5. The molecule has 0 bridgehead atoms. The fourth-order valence-corrected chi connectivity index (χ4v) is 2.52. The van der Waals surface area contributed by atoms with Gasteiger partial charge in [0, 0.05) is 10.6 Å². The Hall–Kier alpha value is -2.57. The van der Waals surface area contributed by atoms with E-state index in [-0.39, 0.29) is 23.1 Å². The summed E-state index contributed by atoms with van der Waals surface area (Å²) in [6.45, 7) is -0.166. The standard InChI is InChI=1S/C17H12Cl2N2O4/c1-23-12-5-2-10(3-6-12)16-20-15(25-21-16)9-24-17(22)13-7-4-11(18)8-14(13)19/h2-8H,9H2,1H3. The third-order valence-electron chi connectivity index (χ3n) is 3.29. The van der Waals surface area contributed by atoms with Crippen LogP contribution in [0, 0.1) is 0 Å². The summed E-state index contributed by atoms with van der Waals surface area (Å²) in [7, 11) is 1.59. The molecule has 0 radical (unpaired) electrons. The van der Waals surface area contributed by atoms with Gasteiger partial charge in [0.05, 0.1) is 17.7 Å². The smallest absolute Gasteiger partial charge is 0.340 e. The summed E-state index contributed by atoms with van der Waals surface area (Å²) >= 11 is 11.8. The van der Waals surface area contributed by atoms with Crippen molar-refractivity contribution in [2.24, 2.45) is 0 Å². The number of ether oxygens (including phenoxy) is 2. The second-order valence-electron chi connectivity index (χ2n) is 4.94. The Labute approximate surface area is 153 Å². The van der Waals surface area contributed by atoms with E-state index in [2.05, 4.69) is 10.1 Å². The molecule has 0 spiro atoms. The zero-order valence-electron chi connectivity index (χ0n) is 13.0. The summed E-state index contributed by atoms with van der Waals surface area (Å²) in [6, 6.07) is 11.7. The number of carbonyl (C=O) groups excluding carboxylic acids is 1. The van der Waals surface area contributed by atoms with E-state index in [4.69, 9.17) is 37.2 Å². The minimum absolute atomic E-state index is 0.166. The number of hydrogen-bond acceptors (Lipinski definition) is 6. The van der Waals surface area contributed by atoms with E-state index in [1.807, 2.05) is 0 Å². The molecule has 1 heterocycles. The fourth-order valence-electron chi connectivity index (χ4n) is 2.03. The van der Waals surface area contributed by atoms with Gasteiger partial charge in [0.1, 0.15) is 5.75 Å². The third kappa shape index (κ3) is 4.10. The van der Waals surface area contributed by atoms with Gasteiger partial charge >= 0.3 is 5.97 Å². The molecule has 0 aliphatic heterocycles. The summed E-state index contributed by atoms with van der Waals surface area (Å²) in [5, 5.41) is 4.50. The lowest BCUT2D eigenvalue weighted by Gasteiger charge is -2.04. The molecule has 0 atom stereocenters. The monoisotopic (exact) mass is 378 g/mol. The van der Waals surface area contributed by atoms with Gasteiger partial charge in [-0.05, 0) is 42.5 Å². The first-order valence-corrected chi connectivity index (χ1v) is 7.91. The normalized spacial score (nSPS) is 10.5. The van der Waals surface area contributed by atoms with Gasteiger partial charge in [-0.1, -0.05) is 28.4 Å². The van der Waals surface area contributed by atoms with Gasteiger partial charge in [0.25, 0.3) is 5.89 Å². The van der Waals surface area contributed by atoms with Crippen LogP contribution in [-0.2, 0) is 11.3 Å². The van der Waals surface area contributed by atoms with Crippen molar-refractivity contribution in [1.29, 1.82) is 0 Å². The molecule has 0 aliphatic rings. The summed E-state index contributed by atoms with van der Waals surface area (Å²) in [5.41, 5.74) is 0.962. The average molecular weight is 379 g/mol. The highest BCUT2D eigenvalue weighted by molar-refractivity contribution is 6.36. The van der Waals surface area contributed by atoms with Gasteiger partial charge in [-0.25, -0.2) is 4.79 Å². The van der Waals surface area contributed by atoms with Crippen LogP contribution >= 0.6 is 23.2 Å². The van der Waals surface area contributed by atoms with Gasteiger partial charge in [0.2, 0.25) is 5.82 Å². The van der Waals surface area contributed by atoms with Crippen LogP contribution in [0.4, 0.5) is 0 Å². The largest absolute Gasteiger partial charge is 0.497 e. The van der Waals surface area contributed by atoms with E-state index in [0.717, 1.165) is 11.3 Å². The maximum absolute atomic E-state index is 12.0. The molecular weight excluding hydrogens is 367 g/mol. The molecular formula is C17H12Cl2N2O4. The summed E-state index contributed by atoms with van der Waals surface area (Å²) in [5.74, 6) is 0.676. The fraction of sp³-hybridized carbons (Fsp3) is 0.118. The van der Waals surface area contributed by atoms with Crippen LogP contribution < -0.4 is 4.74 Å². The van der Waals surface area contributed by atoms with E-state index in [1.54, 1.807) is 37.4 Å². The summed E-state index contributed by atoms with van der Waals surface area (Å²) in [4.78, 5) is 16.2. The number of rotatable bonds is 5. The van der Waals surface area contributed by atoms with E-state index < -0.39 is 5.97 Å². The molecule has 25 heavy (non-hydrogen) atoms. The van der Waals surface area contributed by atoms with Crippen LogP contribution in [0.25, 0.3) is 11.4 Å². The molecule has 128 valence electrons. The number of nitrogens with zero attached hydrogens (tertiary/aromatic N) is 2. The van der Waals surface area contributed by atoms with Crippen molar-refractivity contribution in [3.63, 3.8) is 0 Å². The lowest BCUT2D eigenvalue weighted by molar-refractivity contribution is 0.0430. The zero-order chi connectivity index (χ0) is 17.8. The van der Waals surface area contributed by atoms with Crippen molar-refractivity contribution in [2.45, 2.75) is 6.61 Å². The average Bonchev–Trinajstić information content (AvgIpc) is 3.09.